The van der Waals surface area contributed by atoms with Gasteiger partial charge in [-0.1, -0.05) is 13.8 Å². The summed E-state index contributed by atoms with van der Waals surface area (Å²) in [6.07, 6.45) is 2.32. The molecule has 0 bridgehead atoms. The first kappa shape index (κ1) is 11.7. The van der Waals surface area contributed by atoms with Crippen molar-refractivity contribution in [3.05, 3.63) is 18.0 Å². The van der Waals surface area contributed by atoms with Crippen LogP contribution in [0.1, 0.15) is 30.8 Å². The molecule has 1 atom stereocenters. The Labute approximate surface area is 100 Å². The van der Waals surface area contributed by atoms with Crippen LogP contribution in [0.3, 0.4) is 0 Å². The molecule has 0 unspecified atom stereocenters. The van der Waals surface area contributed by atoms with E-state index in [1.165, 1.54) is 4.90 Å². The van der Waals surface area contributed by atoms with Gasteiger partial charge in [0.05, 0.1) is 5.69 Å². The van der Waals surface area contributed by atoms with Gasteiger partial charge in [-0.3, -0.25) is 9.59 Å². The lowest BCUT2D eigenvalue weighted by atomic mass is 10.0. The quantitative estimate of drug-likeness (QED) is 0.807. The standard InChI is InChI=1S/C12H17N3O2/c1-7(2)6-8-12(17)15(3)9-4-5-13-10(9)11(16)14-8/h4-5,7-8,13H,6H2,1-3H3,(H,14,16)/t8-/m0/s1. The molecule has 0 saturated heterocycles. The molecule has 0 aliphatic carbocycles. The third-order valence-corrected chi connectivity index (χ3v) is 2.95. The summed E-state index contributed by atoms with van der Waals surface area (Å²) in [6.45, 7) is 4.06. The van der Waals surface area contributed by atoms with E-state index in [-0.39, 0.29) is 11.8 Å². The predicted octanol–water partition coefficient (Wildman–Crippen LogP) is 1.14. The van der Waals surface area contributed by atoms with Crippen molar-refractivity contribution in [2.45, 2.75) is 26.3 Å². The summed E-state index contributed by atoms with van der Waals surface area (Å²) in [4.78, 5) is 28.5. The fourth-order valence-corrected chi connectivity index (χ4v) is 2.10. The maximum atomic E-state index is 12.2. The van der Waals surface area contributed by atoms with Crippen LogP contribution in [0.15, 0.2) is 12.3 Å². The highest BCUT2D eigenvalue weighted by molar-refractivity contribution is 6.09. The molecule has 1 aromatic heterocycles. The maximum absolute atomic E-state index is 12.2. The second-order valence-electron chi connectivity index (χ2n) is 4.79. The van der Waals surface area contributed by atoms with Crippen LogP contribution in [0.25, 0.3) is 0 Å². The molecule has 2 N–H and O–H groups in total. The van der Waals surface area contributed by atoms with E-state index in [1.807, 2.05) is 13.8 Å². The molecule has 0 fully saturated rings. The minimum atomic E-state index is -0.437. The normalized spacial score (nSPS) is 20.2. The number of hydrogen-bond acceptors (Lipinski definition) is 2. The number of aromatic amines is 1. The van der Waals surface area contributed by atoms with E-state index in [0.717, 1.165) is 0 Å². The zero-order valence-corrected chi connectivity index (χ0v) is 10.3. The van der Waals surface area contributed by atoms with Gasteiger partial charge in [-0.25, -0.2) is 0 Å². The number of likely N-dealkylation sites (N-methyl/N-ethyl adjacent to an activating group) is 1. The summed E-state index contributed by atoms with van der Waals surface area (Å²) >= 11 is 0. The number of nitrogens with one attached hydrogen (secondary N) is 2. The molecular weight excluding hydrogens is 218 g/mol. The number of aromatic nitrogens is 1. The number of rotatable bonds is 2. The van der Waals surface area contributed by atoms with E-state index < -0.39 is 6.04 Å². The van der Waals surface area contributed by atoms with Crippen molar-refractivity contribution in [3.63, 3.8) is 0 Å². The average molecular weight is 235 g/mol. The van der Waals surface area contributed by atoms with Crippen molar-refractivity contribution in [1.82, 2.24) is 10.3 Å². The molecule has 92 valence electrons. The van der Waals surface area contributed by atoms with Gasteiger partial charge in [0, 0.05) is 13.2 Å². The molecule has 5 heteroatoms. The van der Waals surface area contributed by atoms with Crippen molar-refractivity contribution in [1.29, 1.82) is 0 Å². The molecule has 17 heavy (non-hydrogen) atoms. The van der Waals surface area contributed by atoms with Crippen molar-refractivity contribution < 1.29 is 9.59 Å². The zero-order chi connectivity index (χ0) is 12.6. The van der Waals surface area contributed by atoms with Crippen molar-refractivity contribution >= 4 is 17.5 Å². The second kappa shape index (κ2) is 4.24. The van der Waals surface area contributed by atoms with Gasteiger partial charge in [-0.2, -0.15) is 0 Å². The van der Waals surface area contributed by atoms with E-state index in [0.29, 0.717) is 23.7 Å². The fourth-order valence-electron chi connectivity index (χ4n) is 2.10. The van der Waals surface area contributed by atoms with Gasteiger partial charge in [0.2, 0.25) is 5.91 Å². The minimum Gasteiger partial charge on any atom is -0.355 e. The molecule has 0 saturated carbocycles. The SMILES string of the molecule is CC(C)C[C@@H]1NC(=O)c2[nH]ccc2N(C)C1=O. The number of hydrogen-bond donors (Lipinski definition) is 2. The number of amides is 2. The predicted molar refractivity (Wildman–Crippen MR) is 64.9 cm³/mol. The Morgan fingerprint density at radius 2 is 2.12 bits per heavy atom. The summed E-state index contributed by atoms with van der Waals surface area (Å²) in [5.41, 5.74) is 1.09. The fraction of sp³-hybridized carbons (Fsp3) is 0.500. The summed E-state index contributed by atoms with van der Waals surface area (Å²) < 4.78 is 0. The van der Waals surface area contributed by atoms with Gasteiger partial charge in [0.25, 0.3) is 5.91 Å². The molecule has 1 aromatic rings. The van der Waals surface area contributed by atoms with Gasteiger partial charge < -0.3 is 15.2 Å². The molecule has 0 aromatic carbocycles. The Morgan fingerprint density at radius 3 is 2.76 bits per heavy atom. The lowest BCUT2D eigenvalue weighted by Crippen LogP contribution is -2.45. The molecule has 2 amide bonds. The number of fused-ring (bicyclic) bond motifs is 1. The Morgan fingerprint density at radius 1 is 1.41 bits per heavy atom. The molecule has 2 rings (SSSR count). The van der Waals surface area contributed by atoms with Gasteiger partial charge in [-0.15, -0.1) is 0 Å². The van der Waals surface area contributed by atoms with E-state index in [9.17, 15) is 9.59 Å². The molecule has 2 heterocycles. The summed E-state index contributed by atoms with van der Waals surface area (Å²) in [5.74, 6) is 0.0767. The van der Waals surface area contributed by atoms with Crippen LogP contribution in [0, 0.1) is 5.92 Å². The number of anilines is 1. The van der Waals surface area contributed by atoms with Crippen molar-refractivity contribution in [2.75, 3.05) is 11.9 Å². The van der Waals surface area contributed by atoms with Crippen LogP contribution in [-0.2, 0) is 4.79 Å². The smallest absolute Gasteiger partial charge is 0.270 e. The highest BCUT2D eigenvalue weighted by Gasteiger charge is 2.32. The van der Waals surface area contributed by atoms with E-state index in [2.05, 4.69) is 10.3 Å². The van der Waals surface area contributed by atoms with Gasteiger partial charge in [0.1, 0.15) is 11.7 Å². The minimum absolute atomic E-state index is 0.0644. The molecule has 5 nitrogen and oxygen atoms in total. The van der Waals surface area contributed by atoms with Gasteiger partial charge in [0.15, 0.2) is 0 Å². The summed E-state index contributed by atoms with van der Waals surface area (Å²) in [6, 6.07) is 1.30. The van der Waals surface area contributed by atoms with Crippen LogP contribution < -0.4 is 10.2 Å². The number of carbonyl (C=O) groups is 2. The van der Waals surface area contributed by atoms with Crippen LogP contribution in [-0.4, -0.2) is 29.9 Å². The van der Waals surface area contributed by atoms with Crippen LogP contribution in [0.4, 0.5) is 5.69 Å². The number of H-pyrrole nitrogens is 1. The van der Waals surface area contributed by atoms with E-state index in [1.54, 1.807) is 19.3 Å². The molecular formula is C12H17N3O2. The van der Waals surface area contributed by atoms with E-state index >= 15 is 0 Å². The molecule has 1 aliphatic rings. The highest BCUT2D eigenvalue weighted by atomic mass is 16.2. The van der Waals surface area contributed by atoms with Crippen molar-refractivity contribution in [3.8, 4) is 0 Å². The Hall–Kier alpha value is -1.78. The molecule has 0 spiro atoms. The molecule has 0 radical (unpaired) electrons. The number of nitrogens with zero attached hydrogens (tertiary/aromatic N) is 1. The lowest BCUT2D eigenvalue weighted by molar-refractivity contribution is -0.120. The first-order valence-electron chi connectivity index (χ1n) is 5.76. The first-order chi connectivity index (χ1) is 8.00. The highest BCUT2D eigenvalue weighted by Crippen LogP contribution is 2.23. The van der Waals surface area contributed by atoms with Crippen LogP contribution >= 0.6 is 0 Å². The topological polar surface area (TPSA) is 65.2 Å². The average Bonchev–Trinajstić information content (AvgIpc) is 2.71. The van der Waals surface area contributed by atoms with Gasteiger partial charge in [-0.05, 0) is 18.4 Å². The number of carbonyl (C=O) groups excluding carboxylic acids is 2. The zero-order valence-electron chi connectivity index (χ0n) is 10.3. The summed E-state index contributed by atoms with van der Waals surface area (Å²) in [7, 11) is 1.70. The Kier molecular flexibility index (Phi) is 2.92. The van der Waals surface area contributed by atoms with E-state index in [4.69, 9.17) is 0 Å². The van der Waals surface area contributed by atoms with Crippen LogP contribution in [0.2, 0.25) is 0 Å². The third kappa shape index (κ3) is 2.05. The second-order valence-corrected chi connectivity index (χ2v) is 4.79. The first-order valence-corrected chi connectivity index (χ1v) is 5.76. The lowest BCUT2D eigenvalue weighted by Gasteiger charge is -2.21. The monoisotopic (exact) mass is 235 g/mol. The van der Waals surface area contributed by atoms with Crippen molar-refractivity contribution in [2.24, 2.45) is 5.92 Å². The van der Waals surface area contributed by atoms with Crippen LogP contribution in [0.5, 0.6) is 0 Å². The third-order valence-electron chi connectivity index (χ3n) is 2.95. The largest absolute Gasteiger partial charge is 0.355 e. The maximum Gasteiger partial charge on any atom is 0.270 e. The summed E-state index contributed by atoms with van der Waals surface area (Å²) in [5, 5.41) is 2.77. The Bertz CT molecular complexity index is 450. The Balaban J connectivity index is 2.33. The molecule has 1 aliphatic heterocycles. The van der Waals surface area contributed by atoms with Gasteiger partial charge >= 0.3 is 0 Å².